The van der Waals surface area contributed by atoms with E-state index in [0.29, 0.717) is 11.1 Å². The molecule has 1 heterocycles. The molecule has 0 radical (unpaired) electrons. The van der Waals surface area contributed by atoms with Gasteiger partial charge in [-0.15, -0.1) is 10.2 Å². The average Bonchev–Trinajstić information content (AvgIpc) is 3.19. The molecule has 0 amide bonds. The van der Waals surface area contributed by atoms with Gasteiger partial charge in [-0.25, -0.2) is 0 Å². The molecular formula is C21H18N2O3S. The summed E-state index contributed by atoms with van der Waals surface area (Å²) in [5, 5.41) is 11.2. The zero-order valence-corrected chi connectivity index (χ0v) is 15.6. The zero-order chi connectivity index (χ0) is 18.5. The van der Waals surface area contributed by atoms with Gasteiger partial charge >= 0.3 is 0 Å². The maximum absolute atomic E-state index is 5.68. The van der Waals surface area contributed by atoms with E-state index in [1.54, 1.807) is 7.11 Å². The topological polar surface area (TPSA) is 57.4 Å². The molecule has 0 spiro atoms. The fourth-order valence-corrected chi connectivity index (χ4v) is 3.51. The SMILES string of the molecule is COc1ccc(OCc2nnc(SCc3cccc4ccccc34)o2)cc1. The molecule has 0 bridgehead atoms. The number of methoxy groups -OCH3 is 1. The van der Waals surface area contributed by atoms with Gasteiger partial charge in [0.15, 0.2) is 6.61 Å². The third kappa shape index (κ3) is 4.23. The first-order valence-corrected chi connectivity index (χ1v) is 9.49. The summed E-state index contributed by atoms with van der Waals surface area (Å²) in [6.07, 6.45) is 0. The van der Waals surface area contributed by atoms with Crippen molar-refractivity contribution >= 4 is 22.5 Å². The highest BCUT2D eigenvalue weighted by atomic mass is 32.2. The molecular weight excluding hydrogens is 360 g/mol. The second-order valence-corrected chi connectivity index (χ2v) is 6.78. The van der Waals surface area contributed by atoms with E-state index < -0.39 is 0 Å². The maximum Gasteiger partial charge on any atom is 0.277 e. The van der Waals surface area contributed by atoms with E-state index in [0.717, 1.165) is 17.3 Å². The molecule has 0 saturated heterocycles. The summed E-state index contributed by atoms with van der Waals surface area (Å²) < 4.78 is 16.5. The standard InChI is InChI=1S/C21H18N2O3S/c1-24-17-9-11-18(12-10-17)25-13-20-22-23-21(26-20)27-14-16-7-4-6-15-5-2-3-8-19(15)16/h2-12H,13-14H2,1H3. The van der Waals surface area contributed by atoms with Crippen molar-refractivity contribution in [3.63, 3.8) is 0 Å². The highest BCUT2D eigenvalue weighted by Crippen LogP contribution is 2.27. The Bertz CT molecular complexity index is 1030. The van der Waals surface area contributed by atoms with Crippen LogP contribution in [0.2, 0.25) is 0 Å². The Hall–Kier alpha value is -2.99. The molecule has 27 heavy (non-hydrogen) atoms. The Balaban J connectivity index is 1.36. The lowest BCUT2D eigenvalue weighted by Gasteiger charge is -2.05. The molecule has 0 atom stereocenters. The van der Waals surface area contributed by atoms with Gasteiger partial charge in [0.2, 0.25) is 0 Å². The first-order chi connectivity index (χ1) is 13.3. The van der Waals surface area contributed by atoms with Crippen LogP contribution in [0.25, 0.3) is 10.8 Å². The predicted molar refractivity (Wildman–Crippen MR) is 105 cm³/mol. The number of benzene rings is 3. The lowest BCUT2D eigenvalue weighted by atomic mass is 10.1. The van der Waals surface area contributed by atoms with Crippen molar-refractivity contribution in [2.45, 2.75) is 17.6 Å². The van der Waals surface area contributed by atoms with Crippen LogP contribution >= 0.6 is 11.8 Å². The van der Waals surface area contributed by atoms with Gasteiger partial charge in [0, 0.05) is 5.75 Å². The van der Waals surface area contributed by atoms with Gasteiger partial charge in [-0.2, -0.15) is 0 Å². The van der Waals surface area contributed by atoms with Gasteiger partial charge in [0.1, 0.15) is 11.5 Å². The van der Waals surface area contributed by atoms with E-state index in [1.165, 1.54) is 28.1 Å². The summed E-state index contributed by atoms with van der Waals surface area (Å²) in [7, 11) is 1.63. The normalized spacial score (nSPS) is 10.9. The van der Waals surface area contributed by atoms with Crippen molar-refractivity contribution in [2.24, 2.45) is 0 Å². The van der Waals surface area contributed by atoms with Crippen molar-refractivity contribution in [1.82, 2.24) is 10.2 Å². The van der Waals surface area contributed by atoms with Crippen LogP contribution in [-0.4, -0.2) is 17.3 Å². The van der Waals surface area contributed by atoms with Crippen molar-refractivity contribution in [3.05, 3.63) is 78.2 Å². The fourth-order valence-electron chi connectivity index (χ4n) is 2.73. The Morgan fingerprint density at radius 3 is 2.52 bits per heavy atom. The molecule has 1 aromatic heterocycles. The summed E-state index contributed by atoms with van der Waals surface area (Å²) in [6.45, 7) is 0.230. The second kappa shape index (κ2) is 8.14. The molecule has 6 heteroatoms. The van der Waals surface area contributed by atoms with Crippen LogP contribution in [0, 0.1) is 0 Å². The molecule has 0 saturated carbocycles. The number of thioether (sulfide) groups is 1. The first-order valence-electron chi connectivity index (χ1n) is 8.50. The number of hydrogen-bond acceptors (Lipinski definition) is 6. The highest BCUT2D eigenvalue weighted by molar-refractivity contribution is 7.98. The summed E-state index contributed by atoms with van der Waals surface area (Å²) in [4.78, 5) is 0. The van der Waals surface area contributed by atoms with Crippen molar-refractivity contribution < 1.29 is 13.9 Å². The Labute approximate surface area is 161 Å². The molecule has 4 rings (SSSR count). The molecule has 0 aliphatic rings. The minimum Gasteiger partial charge on any atom is -0.497 e. The zero-order valence-electron chi connectivity index (χ0n) is 14.8. The van der Waals surface area contributed by atoms with E-state index in [1.807, 2.05) is 30.3 Å². The van der Waals surface area contributed by atoms with Gasteiger partial charge < -0.3 is 13.9 Å². The van der Waals surface area contributed by atoms with Crippen LogP contribution in [0.5, 0.6) is 11.5 Å². The minimum absolute atomic E-state index is 0.230. The molecule has 0 fully saturated rings. The lowest BCUT2D eigenvalue weighted by molar-refractivity contribution is 0.252. The van der Waals surface area contributed by atoms with E-state index in [4.69, 9.17) is 13.9 Å². The van der Waals surface area contributed by atoms with Crippen molar-refractivity contribution in [2.75, 3.05) is 7.11 Å². The fraction of sp³-hybridized carbons (Fsp3) is 0.143. The van der Waals surface area contributed by atoms with Crippen LogP contribution in [0.3, 0.4) is 0 Å². The summed E-state index contributed by atoms with van der Waals surface area (Å²) >= 11 is 1.52. The predicted octanol–water partition coefficient (Wildman–Crippen LogP) is 5.10. The molecule has 4 aromatic rings. The summed E-state index contributed by atoms with van der Waals surface area (Å²) in [5.74, 6) is 2.72. The third-order valence-corrected chi connectivity index (χ3v) is 4.97. The van der Waals surface area contributed by atoms with E-state index in [9.17, 15) is 0 Å². The molecule has 3 aromatic carbocycles. The molecule has 0 aliphatic heterocycles. The molecule has 0 unspecified atom stereocenters. The number of fused-ring (bicyclic) bond motifs is 1. The Kier molecular flexibility index (Phi) is 5.25. The number of aromatic nitrogens is 2. The second-order valence-electron chi connectivity index (χ2n) is 5.85. The summed E-state index contributed by atoms with van der Waals surface area (Å²) in [5.41, 5.74) is 1.24. The average molecular weight is 378 g/mol. The number of ether oxygens (including phenoxy) is 2. The largest absolute Gasteiger partial charge is 0.497 e. The first kappa shape index (κ1) is 17.4. The van der Waals surface area contributed by atoms with E-state index >= 15 is 0 Å². The molecule has 0 N–H and O–H groups in total. The quantitative estimate of drug-likeness (QED) is 0.417. The smallest absolute Gasteiger partial charge is 0.277 e. The van der Waals surface area contributed by atoms with Crippen LogP contribution in [0.4, 0.5) is 0 Å². The van der Waals surface area contributed by atoms with Crippen molar-refractivity contribution in [3.8, 4) is 11.5 Å². The van der Waals surface area contributed by atoms with Gasteiger partial charge in [0.25, 0.3) is 11.1 Å². The van der Waals surface area contributed by atoms with Crippen LogP contribution in [-0.2, 0) is 12.4 Å². The van der Waals surface area contributed by atoms with E-state index in [-0.39, 0.29) is 6.61 Å². The Morgan fingerprint density at radius 1 is 0.889 bits per heavy atom. The van der Waals surface area contributed by atoms with Crippen LogP contribution in [0.15, 0.2) is 76.4 Å². The number of rotatable bonds is 7. The maximum atomic E-state index is 5.68. The van der Waals surface area contributed by atoms with Gasteiger partial charge in [-0.05, 0) is 40.6 Å². The third-order valence-electron chi connectivity index (χ3n) is 4.10. The van der Waals surface area contributed by atoms with Gasteiger partial charge in [-0.1, -0.05) is 54.2 Å². The van der Waals surface area contributed by atoms with Gasteiger partial charge in [0.05, 0.1) is 7.11 Å². The lowest BCUT2D eigenvalue weighted by Crippen LogP contribution is -1.95. The van der Waals surface area contributed by atoms with E-state index in [2.05, 4.69) is 46.6 Å². The molecule has 5 nitrogen and oxygen atoms in total. The number of hydrogen-bond donors (Lipinski definition) is 0. The molecule has 0 aliphatic carbocycles. The highest BCUT2D eigenvalue weighted by Gasteiger charge is 2.09. The van der Waals surface area contributed by atoms with Crippen molar-refractivity contribution in [1.29, 1.82) is 0 Å². The van der Waals surface area contributed by atoms with Crippen LogP contribution in [0.1, 0.15) is 11.5 Å². The summed E-state index contributed by atoms with van der Waals surface area (Å²) in [6, 6.07) is 22.0. The van der Waals surface area contributed by atoms with Gasteiger partial charge in [-0.3, -0.25) is 0 Å². The minimum atomic E-state index is 0.230. The Morgan fingerprint density at radius 2 is 1.67 bits per heavy atom. The number of nitrogens with zero attached hydrogens (tertiary/aromatic N) is 2. The molecule has 136 valence electrons. The van der Waals surface area contributed by atoms with Crippen LogP contribution < -0.4 is 9.47 Å². The monoisotopic (exact) mass is 378 g/mol.